The number of rotatable bonds is 3. The smallest absolute Gasteiger partial charge is 0.319 e. The first-order chi connectivity index (χ1) is 9.48. The van der Waals surface area contributed by atoms with Crippen LogP contribution in [0, 0.1) is 0 Å². The van der Waals surface area contributed by atoms with Gasteiger partial charge in [-0.2, -0.15) is 0 Å². The second-order valence-electron chi connectivity index (χ2n) is 5.59. The van der Waals surface area contributed by atoms with Crippen LogP contribution < -0.4 is 10.6 Å². The van der Waals surface area contributed by atoms with Gasteiger partial charge < -0.3 is 20.5 Å². The molecule has 2 atom stereocenters. The molecular formula is C15H22N2O3. The molecule has 5 nitrogen and oxygen atoms in total. The molecule has 2 unspecified atom stereocenters. The van der Waals surface area contributed by atoms with Crippen LogP contribution in [0.5, 0.6) is 0 Å². The largest absolute Gasteiger partial charge is 0.389 e. The van der Waals surface area contributed by atoms with Crippen molar-refractivity contribution in [2.24, 2.45) is 0 Å². The first-order valence-electron chi connectivity index (χ1n) is 6.93. The van der Waals surface area contributed by atoms with E-state index < -0.39 is 6.10 Å². The van der Waals surface area contributed by atoms with Gasteiger partial charge in [0, 0.05) is 12.3 Å². The van der Waals surface area contributed by atoms with E-state index in [4.69, 9.17) is 4.74 Å². The van der Waals surface area contributed by atoms with Gasteiger partial charge in [-0.15, -0.1) is 0 Å². The molecule has 5 heteroatoms. The van der Waals surface area contributed by atoms with Gasteiger partial charge in [-0.05, 0) is 44.4 Å². The van der Waals surface area contributed by atoms with Crippen molar-refractivity contribution in [3.63, 3.8) is 0 Å². The normalized spacial score (nSPS) is 23.9. The molecule has 0 spiro atoms. The van der Waals surface area contributed by atoms with Crippen molar-refractivity contribution in [2.75, 3.05) is 18.5 Å². The van der Waals surface area contributed by atoms with E-state index in [1.165, 1.54) is 0 Å². The fraction of sp³-hybridized carbons (Fsp3) is 0.533. The van der Waals surface area contributed by atoms with Crippen molar-refractivity contribution in [3.8, 4) is 0 Å². The predicted molar refractivity (Wildman–Crippen MR) is 77.7 cm³/mol. The van der Waals surface area contributed by atoms with Gasteiger partial charge >= 0.3 is 6.03 Å². The molecule has 1 heterocycles. The Morgan fingerprint density at radius 1 is 1.40 bits per heavy atom. The van der Waals surface area contributed by atoms with Crippen LogP contribution in [0.4, 0.5) is 10.5 Å². The zero-order valence-electron chi connectivity index (χ0n) is 12.0. The third-order valence-electron chi connectivity index (χ3n) is 3.50. The highest BCUT2D eigenvalue weighted by atomic mass is 16.5. The minimum Gasteiger partial charge on any atom is -0.389 e. The Kier molecular flexibility index (Phi) is 4.62. The lowest BCUT2D eigenvalue weighted by Crippen LogP contribution is -2.52. The van der Waals surface area contributed by atoms with E-state index in [2.05, 4.69) is 10.6 Å². The number of carbonyl (C=O) groups is 1. The summed E-state index contributed by atoms with van der Waals surface area (Å²) >= 11 is 0. The molecule has 0 aliphatic carbocycles. The number of nitrogens with one attached hydrogen (secondary N) is 2. The van der Waals surface area contributed by atoms with E-state index in [1.807, 2.05) is 6.92 Å². The molecule has 20 heavy (non-hydrogen) atoms. The van der Waals surface area contributed by atoms with Crippen LogP contribution in [0.2, 0.25) is 0 Å². The Balaban J connectivity index is 1.90. The molecule has 110 valence electrons. The topological polar surface area (TPSA) is 70.6 Å². The Morgan fingerprint density at radius 3 is 2.65 bits per heavy atom. The van der Waals surface area contributed by atoms with E-state index in [9.17, 15) is 9.90 Å². The highest BCUT2D eigenvalue weighted by molar-refractivity contribution is 5.89. The maximum Gasteiger partial charge on any atom is 0.319 e. The number of hydrogen-bond acceptors (Lipinski definition) is 3. The molecule has 1 aromatic rings. The van der Waals surface area contributed by atoms with Gasteiger partial charge in [0.05, 0.1) is 18.2 Å². The first-order valence-corrected chi connectivity index (χ1v) is 6.93. The van der Waals surface area contributed by atoms with Crippen LogP contribution in [0.3, 0.4) is 0 Å². The van der Waals surface area contributed by atoms with Gasteiger partial charge in [0.25, 0.3) is 0 Å². The summed E-state index contributed by atoms with van der Waals surface area (Å²) < 4.78 is 5.41. The summed E-state index contributed by atoms with van der Waals surface area (Å²) in [6, 6.07) is 6.92. The van der Waals surface area contributed by atoms with Gasteiger partial charge in [0.15, 0.2) is 0 Å². The lowest BCUT2D eigenvalue weighted by molar-refractivity contribution is 0.0342. The second kappa shape index (κ2) is 6.24. The fourth-order valence-electron chi connectivity index (χ4n) is 2.31. The van der Waals surface area contributed by atoms with Crippen molar-refractivity contribution in [1.82, 2.24) is 5.32 Å². The summed E-state index contributed by atoms with van der Waals surface area (Å²) in [6.45, 7) is 5.00. The molecule has 0 saturated carbocycles. The summed E-state index contributed by atoms with van der Waals surface area (Å²) in [7, 11) is 0. The van der Waals surface area contributed by atoms with Gasteiger partial charge in [0.2, 0.25) is 0 Å². The molecule has 0 aromatic heterocycles. The quantitative estimate of drug-likeness (QED) is 0.795. The number of ether oxygens (including phenoxy) is 1. The minimum absolute atomic E-state index is 0.234. The molecule has 1 aliphatic heterocycles. The average Bonchev–Trinajstić information content (AvgIpc) is 2.39. The van der Waals surface area contributed by atoms with Crippen molar-refractivity contribution in [1.29, 1.82) is 0 Å². The Morgan fingerprint density at radius 2 is 2.10 bits per heavy atom. The molecule has 2 amide bonds. The average molecular weight is 278 g/mol. The number of urea groups is 1. The van der Waals surface area contributed by atoms with E-state index in [0.29, 0.717) is 12.3 Å². The first kappa shape index (κ1) is 14.8. The summed E-state index contributed by atoms with van der Waals surface area (Å²) in [5, 5.41) is 15.2. The Bertz CT molecular complexity index is 451. The number of aliphatic hydroxyl groups excluding tert-OH is 1. The van der Waals surface area contributed by atoms with E-state index in [-0.39, 0.29) is 11.6 Å². The minimum atomic E-state index is -0.504. The Hall–Kier alpha value is -1.59. The number of anilines is 1. The summed E-state index contributed by atoms with van der Waals surface area (Å²) in [4.78, 5) is 12.0. The predicted octanol–water partition coefficient (Wildman–Crippen LogP) is 2.43. The van der Waals surface area contributed by atoms with Crippen LogP contribution >= 0.6 is 0 Å². The van der Waals surface area contributed by atoms with Crippen molar-refractivity contribution < 1.29 is 14.6 Å². The maximum absolute atomic E-state index is 12.0. The third-order valence-corrected chi connectivity index (χ3v) is 3.50. The van der Waals surface area contributed by atoms with E-state index in [1.54, 1.807) is 31.2 Å². The molecule has 2 rings (SSSR count). The standard InChI is InChI=1S/C15H22N2O3/c1-11(18)12-4-6-13(7-5-12)16-14(19)17-15(2)8-3-9-20-10-15/h4-7,11,18H,3,8-10H2,1-2H3,(H2,16,17,19). The summed E-state index contributed by atoms with van der Waals surface area (Å²) in [6.07, 6.45) is 1.37. The zero-order valence-corrected chi connectivity index (χ0v) is 12.0. The van der Waals surface area contributed by atoms with Crippen molar-refractivity contribution >= 4 is 11.7 Å². The molecule has 1 aromatic carbocycles. The van der Waals surface area contributed by atoms with Crippen LogP contribution in [0.1, 0.15) is 38.4 Å². The van der Waals surface area contributed by atoms with Crippen molar-refractivity contribution in [2.45, 2.75) is 38.3 Å². The van der Waals surface area contributed by atoms with Gasteiger partial charge in [-0.1, -0.05) is 12.1 Å². The molecule has 0 radical (unpaired) electrons. The van der Waals surface area contributed by atoms with Crippen LogP contribution in [0.15, 0.2) is 24.3 Å². The van der Waals surface area contributed by atoms with Crippen molar-refractivity contribution in [3.05, 3.63) is 29.8 Å². The summed E-state index contributed by atoms with van der Waals surface area (Å²) in [5.41, 5.74) is 1.22. The fourth-order valence-corrected chi connectivity index (χ4v) is 2.31. The van der Waals surface area contributed by atoms with Crippen LogP contribution in [-0.2, 0) is 4.74 Å². The lowest BCUT2D eigenvalue weighted by atomic mass is 9.95. The van der Waals surface area contributed by atoms with E-state index >= 15 is 0 Å². The monoisotopic (exact) mass is 278 g/mol. The highest BCUT2D eigenvalue weighted by Gasteiger charge is 2.29. The van der Waals surface area contributed by atoms with Gasteiger partial charge in [-0.3, -0.25) is 0 Å². The highest BCUT2D eigenvalue weighted by Crippen LogP contribution is 2.19. The van der Waals surface area contributed by atoms with Gasteiger partial charge in [-0.25, -0.2) is 4.79 Å². The number of carbonyl (C=O) groups excluding carboxylic acids is 1. The molecule has 0 bridgehead atoms. The molecular weight excluding hydrogens is 256 g/mol. The SMILES string of the molecule is CC(O)c1ccc(NC(=O)NC2(C)CCCOC2)cc1. The number of amides is 2. The molecule has 1 saturated heterocycles. The number of benzene rings is 1. The number of hydrogen-bond donors (Lipinski definition) is 3. The molecule has 1 aliphatic rings. The molecule has 3 N–H and O–H groups in total. The van der Waals surface area contributed by atoms with E-state index in [0.717, 1.165) is 25.0 Å². The van der Waals surface area contributed by atoms with Crippen LogP contribution in [-0.4, -0.2) is 29.9 Å². The summed E-state index contributed by atoms with van der Waals surface area (Å²) in [5.74, 6) is 0. The van der Waals surface area contributed by atoms with Crippen LogP contribution in [0.25, 0.3) is 0 Å². The number of aliphatic hydroxyl groups is 1. The zero-order chi connectivity index (χ0) is 14.6. The molecule has 1 fully saturated rings. The third kappa shape index (κ3) is 3.95. The second-order valence-corrected chi connectivity index (χ2v) is 5.59. The van der Waals surface area contributed by atoms with Gasteiger partial charge in [0.1, 0.15) is 0 Å². The lowest BCUT2D eigenvalue weighted by Gasteiger charge is -2.34. The maximum atomic E-state index is 12.0. The Labute approximate surface area is 119 Å².